The number of hydrogen-bond acceptors (Lipinski definition) is 4. The van der Waals surface area contributed by atoms with E-state index in [-0.39, 0.29) is 0 Å². The Balaban J connectivity index is 1.55. The van der Waals surface area contributed by atoms with Gasteiger partial charge < -0.3 is 9.52 Å². The molecule has 5 nitrogen and oxygen atoms in total. The van der Waals surface area contributed by atoms with Crippen molar-refractivity contribution in [2.24, 2.45) is 5.10 Å². The van der Waals surface area contributed by atoms with Crippen molar-refractivity contribution < 1.29 is 14.3 Å². The highest BCUT2D eigenvalue weighted by Crippen LogP contribution is 2.32. The molecule has 32 heavy (non-hydrogen) atoms. The number of rotatable bonds is 6. The number of nitrogens with one attached hydrogen (secondary N) is 1. The zero-order valence-corrected chi connectivity index (χ0v) is 18.2. The van der Waals surface area contributed by atoms with E-state index in [1.54, 1.807) is 78.9 Å². The molecule has 0 aliphatic heterocycles. The highest BCUT2D eigenvalue weighted by molar-refractivity contribution is 6.36. The standard InChI is InChI=1S/C25H18Cl2N2O3/c26-19-11-13-21(22(27)15-19)23-14-12-20(32-23)16-28-29-24(30)25(31,17-7-3-1-4-8-17)18-9-5-2-6-10-18/h1-16,31H,(H,29,30)/b28-16+. The summed E-state index contributed by atoms with van der Waals surface area (Å²) in [7, 11) is 0. The van der Waals surface area contributed by atoms with Gasteiger partial charge in [0, 0.05) is 10.6 Å². The van der Waals surface area contributed by atoms with Gasteiger partial charge in [-0.1, -0.05) is 83.9 Å². The Morgan fingerprint density at radius 2 is 1.53 bits per heavy atom. The maximum Gasteiger partial charge on any atom is 0.281 e. The second-order valence-electron chi connectivity index (χ2n) is 6.97. The zero-order valence-electron chi connectivity index (χ0n) is 16.7. The van der Waals surface area contributed by atoms with Crippen molar-refractivity contribution in [2.75, 3.05) is 0 Å². The van der Waals surface area contributed by atoms with E-state index in [9.17, 15) is 9.90 Å². The fourth-order valence-electron chi connectivity index (χ4n) is 3.28. The Hall–Kier alpha value is -3.38. The first-order chi connectivity index (χ1) is 15.5. The van der Waals surface area contributed by atoms with Crippen LogP contribution in [0.1, 0.15) is 16.9 Å². The molecule has 2 N–H and O–H groups in total. The number of hydrazone groups is 1. The number of halogens is 2. The van der Waals surface area contributed by atoms with Crippen molar-refractivity contribution in [3.05, 3.63) is 118 Å². The number of carbonyl (C=O) groups excluding carboxylic acids is 1. The van der Waals surface area contributed by atoms with Crippen LogP contribution in [0.5, 0.6) is 0 Å². The van der Waals surface area contributed by atoms with E-state index >= 15 is 0 Å². The predicted molar refractivity (Wildman–Crippen MR) is 126 cm³/mol. The molecule has 0 atom stereocenters. The number of hydrogen-bond donors (Lipinski definition) is 2. The highest BCUT2D eigenvalue weighted by Gasteiger charge is 2.39. The van der Waals surface area contributed by atoms with Crippen LogP contribution in [-0.4, -0.2) is 17.2 Å². The van der Waals surface area contributed by atoms with Crippen molar-refractivity contribution >= 4 is 35.3 Å². The molecule has 0 bridgehead atoms. The summed E-state index contributed by atoms with van der Waals surface area (Å²) in [4.78, 5) is 13.0. The van der Waals surface area contributed by atoms with Gasteiger partial charge in [-0.2, -0.15) is 5.10 Å². The molecule has 1 amide bonds. The van der Waals surface area contributed by atoms with E-state index in [2.05, 4.69) is 10.5 Å². The van der Waals surface area contributed by atoms with Crippen LogP contribution < -0.4 is 5.43 Å². The molecule has 3 aromatic carbocycles. The van der Waals surface area contributed by atoms with Gasteiger partial charge in [0.1, 0.15) is 11.5 Å². The van der Waals surface area contributed by atoms with Gasteiger partial charge in [0.05, 0.1) is 11.2 Å². The van der Waals surface area contributed by atoms with Gasteiger partial charge in [-0.15, -0.1) is 0 Å². The Morgan fingerprint density at radius 1 is 0.906 bits per heavy atom. The lowest BCUT2D eigenvalue weighted by atomic mass is 9.85. The molecule has 7 heteroatoms. The Bertz CT molecular complexity index is 1220. The van der Waals surface area contributed by atoms with Gasteiger partial charge in [0.25, 0.3) is 5.91 Å². The SMILES string of the molecule is O=C(N/N=C/c1ccc(-c2ccc(Cl)cc2Cl)o1)C(O)(c1ccccc1)c1ccccc1. The van der Waals surface area contributed by atoms with Crippen molar-refractivity contribution in [1.29, 1.82) is 0 Å². The maximum absolute atomic E-state index is 13.0. The molecule has 0 aliphatic rings. The first-order valence-corrected chi connectivity index (χ1v) is 10.5. The molecule has 1 aromatic heterocycles. The third-order valence-corrected chi connectivity index (χ3v) is 5.44. The van der Waals surface area contributed by atoms with Crippen LogP contribution >= 0.6 is 23.2 Å². The number of carbonyl (C=O) groups is 1. The molecule has 0 saturated carbocycles. The molecule has 160 valence electrons. The quantitative estimate of drug-likeness (QED) is 0.286. The Kier molecular flexibility index (Phi) is 6.42. The molecule has 0 spiro atoms. The molecule has 4 rings (SSSR count). The Labute approximate surface area is 194 Å². The number of nitrogens with zero attached hydrogens (tertiary/aromatic N) is 1. The van der Waals surface area contributed by atoms with Gasteiger partial charge in [0.15, 0.2) is 5.60 Å². The van der Waals surface area contributed by atoms with Gasteiger partial charge in [-0.3, -0.25) is 4.79 Å². The van der Waals surface area contributed by atoms with Crippen LogP contribution in [-0.2, 0) is 10.4 Å². The highest BCUT2D eigenvalue weighted by atomic mass is 35.5. The van der Waals surface area contributed by atoms with Crippen LogP contribution in [0.2, 0.25) is 10.0 Å². The maximum atomic E-state index is 13.0. The molecule has 1 heterocycles. The first kappa shape index (κ1) is 21.8. The van der Waals surface area contributed by atoms with E-state index in [4.69, 9.17) is 27.6 Å². The Morgan fingerprint density at radius 3 is 2.12 bits per heavy atom. The molecular formula is C25H18Cl2N2O3. The van der Waals surface area contributed by atoms with Crippen LogP contribution in [0.25, 0.3) is 11.3 Å². The van der Waals surface area contributed by atoms with E-state index < -0.39 is 11.5 Å². The average molecular weight is 465 g/mol. The minimum atomic E-state index is -1.91. The predicted octanol–water partition coefficient (Wildman–Crippen LogP) is 5.64. The van der Waals surface area contributed by atoms with Gasteiger partial charge >= 0.3 is 0 Å². The average Bonchev–Trinajstić information content (AvgIpc) is 3.28. The third kappa shape index (κ3) is 4.46. The summed E-state index contributed by atoms with van der Waals surface area (Å²) in [5.74, 6) is 0.234. The lowest BCUT2D eigenvalue weighted by molar-refractivity contribution is -0.136. The lowest BCUT2D eigenvalue weighted by Crippen LogP contribution is -2.43. The van der Waals surface area contributed by atoms with Crippen LogP contribution in [0, 0.1) is 0 Å². The number of benzene rings is 3. The summed E-state index contributed by atoms with van der Waals surface area (Å²) in [6, 6.07) is 25.9. The summed E-state index contributed by atoms with van der Waals surface area (Å²) in [6.45, 7) is 0. The van der Waals surface area contributed by atoms with Crippen LogP contribution in [0.15, 0.2) is 101 Å². The fourth-order valence-corrected chi connectivity index (χ4v) is 3.78. The summed E-state index contributed by atoms with van der Waals surface area (Å²) in [5, 5.41) is 16.3. The molecule has 0 radical (unpaired) electrons. The van der Waals surface area contributed by atoms with Crippen LogP contribution in [0.3, 0.4) is 0 Å². The number of furan rings is 1. The van der Waals surface area contributed by atoms with Gasteiger partial charge in [-0.05, 0) is 41.5 Å². The topological polar surface area (TPSA) is 74.8 Å². The monoisotopic (exact) mass is 464 g/mol. The van der Waals surface area contributed by atoms with E-state index in [0.717, 1.165) is 0 Å². The van der Waals surface area contributed by atoms with Crippen molar-refractivity contribution in [3.8, 4) is 11.3 Å². The molecule has 0 saturated heterocycles. The molecule has 0 fully saturated rings. The molecule has 0 unspecified atom stereocenters. The van der Waals surface area contributed by atoms with Crippen LogP contribution in [0.4, 0.5) is 0 Å². The van der Waals surface area contributed by atoms with Crippen molar-refractivity contribution in [1.82, 2.24) is 5.43 Å². The normalized spacial score (nSPS) is 11.6. The number of aliphatic hydroxyl groups is 1. The third-order valence-electron chi connectivity index (χ3n) is 4.89. The summed E-state index contributed by atoms with van der Waals surface area (Å²) < 4.78 is 5.74. The molecular weight excluding hydrogens is 447 g/mol. The minimum absolute atomic E-state index is 0.397. The van der Waals surface area contributed by atoms with E-state index in [0.29, 0.717) is 38.3 Å². The zero-order chi connectivity index (χ0) is 22.6. The smallest absolute Gasteiger partial charge is 0.281 e. The summed E-state index contributed by atoms with van der Waals surface area (Å²) >= 11 is 12.2. The first-order valence-electron chi connectivity index (χ1n) is 9.70. The summed E-state index contributed by atoms with van der Waals surface area (Å²) in [6.07, 6.45) is 1.35. The van der Waals surface area contributed by atoms with Crippen molar-refractivity contribution in [2.45, 2.75) is 5.60 Å². The summed E-state index contributed by atoms with van der Waals surface area (Å²) in [5.41, 5.74) is 2.04. The van der Waals surface area contributed by atoms with Gasteiger partial charge in [-0.25, -0.2) is 5.43 Å². The lowest BCUT2D eigenvalue weighted by Gasteiger charge is -2.26. The fraction of sp³-hybridized carbons (Fsp3) is 0.0400. The van der Waals surface area contributed by atoms with E-state index in [1.807, 2.05) is 12.1 Å². The number of amides is 1. The largest absolute Gasteiger partial charge is 0.455 e. The second kappa shape index (κ2) is 9.40. The second-order valence-corrected chi connectivity index (χ2v) is 7.81. The molecule has 4 aromatic rings. The minimum Gasteiger partial charge on any atom is -0.455 e. The van der Waals surface area contributed by atoms with Crippen molar-refractivity contribution in [3.63, 3.8) is 0 Å². The molecule has 0 aliphatic carbocycles. The van der Waals surface area contributed by atoms with E-state index in [1.165, 1.54) is 6.21 Å². The van der Waals surface area contributed by atoms with Gasteiger partial charge in [0.2, 0.25) is 0 Å².